The molecule has 0 aliphatic rings. The van der Waals surface area contributed by atoms with Gasteiger partial charge in [-0.25, -0.2) is 0 Å². The molecule has 0 saturated heterocycles. The fourth-order valence-corrected chi connectivity index (χ4v) is 1.96. The van der Waals surface area contributed by atoms with Gasteiger partial charge < -0.3 is 14.4 Å². The second-order valence-corrected chi connectivity index (χ2v) is 4.13. The Morgan fingerprint density at radius 3 is 1.81 bits per heavy atom. The summed E-state index contributed by atoms with van der Waals surface area (Å²) in [5.74, 6) is -0.392. The van der Waals surface area contributed by atoms with Crippen LogP contribution in [-0.4, -0.2) is 43.5 Å². The first kappa shape index (κ1) is 15.9. The van der Waals surface area contributed by atoms with E-state index in [0.29, 0.717) is 13.2 Å². The molecule has 0 saturated carbocycles. The van der Waals surface area contributed by atoms with Gasteiger partial charge in [0, 0.05) is 19.6 Å². The molecule has 0 aromatic rings. The second-order valence-electron chi connectivity index (χ2n) is 4.13. The fourth-order valence-electron chi connectivity index (χ4n) is 1.96. The van der Waals surface area contributed by atoms with E-state index in [0.717, 1.165) is 32.5 Å². The van der Waals surface area contributed by atoms with Crippen molar-refractivity contribution in [2.45, 2.75) is 53.2 Å². The number of rotatable bonds is 10. The quantitative estimate of drug-likeness (QED) is 0.540. The zero-order chi connectivity index (χ0) is 12.4. The maximum atomic E-state index is 5.68. The average Bonchev–Trinajstić information content (AvgIpc) is 2.25. The molecule has 98 valence electrons. The summed E-state index contributed by atoms with van der Waals surface area (Å²) in [5, 5.41) is 0. The lowest BCUT2D eigenvalue weighted by Gasteiger charge is -2.30. The second kappa shape index (κ2) is 8.97. The van der Waals surface area contributed by atoms with E-state index >= 15 is 0 Å². The molecule has 0 spiro atoms. The van der Waals surface area contributed by atoms with E-state index in [9.17, 15) is 0 Å². The molecule has 0 aromatic carbocycles. The standard InChI is InChI=1S/C13H29NO2/c1-6-14(7-2)12-10-11-13(5,15-8-3)16-9-4/h6-12H2,1-5H3. The molecule has 0 unspecified atom stereocenters. The zero-order valence-electron chi connectivity index (χ0n) is 11.7. The van der Waals surface area contributed by atoms with Crippen molar-refractivity contribution in [2.75, 3.05) is 32.8 Å². The van der Waals surface area contributed by atoms with E-state index < -0.39 is 5.79 Å². The summed E-state index contributed by atoms with van der Waals surface area (Å²) in [7, 11) is 0. The van der Waals surface area contributed by atoms with Gasteiger partial charge in [-0.05, 0) is 46.8 Å². The summed E-state index contributed by atoms with van der Waals surface area (Å²) >= 11 is 0. The monoisotopic (exact) mass is 231 g/mol. The van der Waals surface area contributed by atoms with Crippen LogP contribution in [0.3, 0.4) is 0 Å². The summed E-state index contributed by atoms with van der Waals surface area (Å²) in [4.78, 5) is 2.43. The Labute approximate surface area is 101 Å². The molecule has 0 aliphatic carbocycles. The molecule has 3 heteroatoms. The van der Waals surface area contributed by atoms with Crippen molar-refractivity contribution in [3.8, 4) is 0 Å². The Morgan fingerprint density at radius 1 is 0.938 bits per heavy atom. The topological polar surface area (TPSA) is 21.7 Å². The van der Waals surface area contributed by atoms with Crippen LogP contribution in [0.15, 0.2) is 0 Å². The normalized spacial score (nSPS) is 12.4. The predicted molar refractivity (Wildman–Crippen MR) is 68.7 cm³/mol. The lowest BCUT2D eigenvalue weighted by molar-refractivity contribution is -0.225. The van der Waals surface area contributed by atoms with Gasteiger partial charge in [-0.1, -0.05) is 13.8 Å². The molecule has 0 aromatic heterocycles. The fraction of sp³-hybridized carbons (Fsp3) is 1.00. The summed E-state index contributed by atoms with van der Waals surface area (Å²) < 4.78 is 11.4. The van der Waals surface area contributed by atoms with E-state index in [1.807, 2.05) is 20.8 Å². The highest BCUT2D eigenvalue weighted by Crippen LogP contribution is 2.19. The molecule has 0 heterocycles. The molecule has 0 aliphatic heterocycles. The molecule has 3 nitrogen and oxygen atoms in total. The van der Waals surface area contributed by atoms with Crippen molar-refractivity contribution >= 4 is 0 Å². The van der Waals surface area contributed by atoms with Gasteiger partial charge >= 0.3 is 0 Å². The number of ether oxygens (including phenoxy) is 2. The molecule has 0 atom stereocenters. The van der Waals surface area contributed by atoms with E-state index in [-0.39, 0.29) is 0 Å². The number of hydrogen-bond donors (Lipinski definition) is 0. The van der Waals surface area contributed by atoms with Crippen LogP contribution in [0.4, 0.5) is 0 Å². The van der Waals surface area contributed by atoms with Crippen LogP contribution in [0.1, 0.15) is 47.5 Å². The number of hydrogen-bond acceptors (Lipinski definition) is 3. The van der Waals surface area contributed by atoms with Crippen molar-refractivity contribution in [3.63, 3.8) is 0 Å². The first-order chi connectivity index (χ1) is 7.61. The van der Waals surface area contributed by atoms with Gasteiger partial charge in [0.15, 0.2) is 5.79 Å². The van der Waals surface area contributed by atoms with Gasteiger partial charge in [0.2, 0.25) is 0 Å². The third kappa shape index (κ3) is 6.46. The van der Waals surface area contributed by atoms with E-state index in [1.54, 1.807) is 0 Å². The molecule has 0 N–H and O–H groups in total. The SMILES string of the molecule is CCOC(C)(CCCN(CC)CC)OCC. The van der Waals surface area contributed by atoms with Crippen molar-refractivity contribution in [1.82, 2.24) is 4.90 Å². The molecule has 0 fully saturated rings. The van der Waals surface area contributed by atoms with E-state index in [1.165, 1.54) is 0 Å². The zero-order valence-corrected chi connectivity index (χ0v) is 11.7. The average molecular weight is 231 g/mol. The highest BCUT2D eigenvalue weighted by atomic mass is 16.7. The summed E-state index contributed by atoms with van der Waals surface area (Å²) in [6.45, 7) is 15.3. The maximum Gasteiger partial charge on any atom is 0.165 e. The summed E-state index contributed by atoms with van der Waals surface area (Å²) in [5.41, 5.74) is 0. The van der Waals surface area contributed by atoms with Gasteiger partial charge in [-0.2, -0.15) is 0 Å². The van der Waals surface area contributed by atoms with Gasteiger partial charge in [-0.3, -0.25) is 0 Å². The van der Waals surface area contributed by atoms with Crippen molar-refractivity contribution in [3.05, 3.63) is 0 Å². The highest BCUT2D eigenvalue weighted by molar-refractivity contribution is 4.65. The first-order valence-electron chi connectivity index (χ1n) is 6.62. The van der Waals surface area contributed by atoms with Crippen molar-refractivity contribution in [2.24, 2.45) is 0 Å². The molecule has 16 heavy (non-hydrogen) atoms. The van der Waals surface area contributed by atoms with Crippen LogP contribution in [0.25, 0.3) is 0 Å². The first-order valence-corrected chi connectivity index (χ1v) is 6.62. The molecule has 0 bridgehead atoms. The van der Waals surface area contributed by atoms with Crippen molar-refractivity contribution in [1.29, 1.82) is 0 Å². The van der Waals surface area contributed by atoms with E-state index in [4.69, 9.17) is 9.47 Å². The van der Waals surface area contributed by atoms with Crippen LogP contribution < -0.4 is 0 Å². The van der Waals surface area contributed by atoms with Crippen molar-refractivity contribution < 1.29 is 9.47 Å². The Hall–Kier alpha value is -0.120. The third-order valence-corrected chi connectivity index (χ3v) is 2.90. The predicted octanol–water partition coefficient (Wildman–Crippen LogP) is 2.90. The van der Waals surface area contributed by atoms with Gasteiger partial charge in [0.25, 0.3) is 0 Å². The lowest BCUT2D eigenvalue weighted by atomic mass is 10.1. The summed E-state index contributed by atoms with van der Waals surface area (Å²) in [6, 6.07) is 0. The maximum absolute atomic E-state index is 5.68. The highest BCUT2D eigenvalue weighted by Gasteiger charge is 2.24. The van der Waals surface area contributed by atoms with Gasteiger partial charge in [-0.15, -0.1) is 0 Å². The smallest absolute Gasteiger partial charge is 0.165 e. The number of nitrogens with zero attached hydrogens (tertiary/aromatic N) is 1. The molecular weight excluding hydrogens is 202 g/mol. The Bertz CT molecular complexity index is 152. The van der Waals surface area contributed by atoms with Crippen LogP contribution in [0.2, 0.25) is 0 Å². The van der Waals surface area contributed by atoms with Crippen LogP contribution in [0.5, 0.6) is 0 Å². The minimum atomic E-state index is -0.392. The Balaban J connectivity index is 3.91. The van der Waals surface area contributed by atoms with Crippen LogP contribution in [0, 0.1) is 0 Å². The largest absolute Gasteiger partial charge is 0.351 e. The lowest BCUT2D eigenvalue weighted by Crippen LogP contribution is -2.34. The third-order valence-electron chi connectivity index (χ3n) is 2.90. The van der Waals surface area contributed by atoms with Gasteiger partial charge in [0.1, 0.15) is 0 Å². The molecular formula is C13H29NO2. The Kier molecular flexibility index (Phi) is 8.90. The Morgan fingerprint density at radius 2 is 1.44 bits per heavy atom. The van der Waals surface area contributed by atoms with Crippen LogP contribution >= 0.6 is 0 Å². The molecule has 0 radical (unpaired) electrons. The summed E-state index contributed by atoms with van der Waals surface area (Å²) in [6.07, 6.45) is 2.09. The van der Waals surface area contributed by atoms with Gasteiger partial charge in [0.05, 0.1) is 0 Å². The molecule has 0 rings (SSSR count). The molecule has 0 amide bonds. The van der Waals surface area contributed by atoms with E-state index in [2.05, 4.69) is 18.7 Å². The minimum absolute atomic E-state index is 0.392. The van der Waals surface area contributed by atoms with Crippen LogP contribution in [-0.2, 0) is 9.47 Å². The minimum Gasteiger partial charge on any atom is -0.351 e.